The Morgan fingerprint density at radius 2 is 1.85 bits per heavy atom. The van der Waals surface area contributed by atoms with Gasteiger partial charge in [-0.15, -0.1) is 0 Å². The Kier molecular flexibility index (Phi) is 6.56. The standard InChI is InChI=1S/C23H33NO3/c1-15(2)19-11-9-16(3)13-22(19)27-23(26)24-20-14-18(10-12-21(20)25)17-7-5-4-6-8-17/h4-8,15-16,18-20,22H,9-14H2,1-3H3,(H,24,26)/t16-,18+,19-,20+,22+/m0/s1. The van der Waals surface area contributed by atoms with Crippen LogP contribution in [0.1, 0.15) is 70.8 Å². The molecule has 4 nitrogen and oxygen atoms in total. The van der Waals surface area contributed by atoms with Crippen molar-refractivity contribution >= 4 is 11.9 Å². The number of carbonyl (C=O) groups excluding carboxylic acids is 2. The second kappa shape index (κ2) is 8.90. The Hall–Kier alpha value is -1.84. The Morgan fingerprint density at radius 1 is 1.11 bits per heavy atom. The molecule has 0 aliphatic heterocycles. The van der Waals surface area contributed by atoms with Crippen molar-refractivity contribution in [3.8, 4) is 0 Å². The maximum atomic E-state index is 12.6. The van der Waals surface area contributed by atoms with E-state index >= 15 is 0 Å². The van der Waals surface area contributed by atoms with Crippen LogP contribution in [0.25, 0.3) is 0 Å². The van der Waals surface area contributed by atoms with Gasteiger partial charge in [0.2, 0.25) is 0 Å². The molecule has 3 rings (SSSR count). The van der Waals surface area contributed by atoms with Crippen LogP contribution >= 0.6 is 0 Å². The first kappa shape index (κ1) is 19.9. The SMILES string of the molecule is CC(C)[C@@H]1CC[C@H](C)C[C@H]1OC(=O)N[C@@H]1C[C@H](c2ccccc2)CCC1=O. The smallest absolute Gasteiger partial charge is 0.408 e. The fourth-order valence-electron chi connectivity index (χ4n) is 4.76. The fraction of sp³-hybridized carbons (Fsp3) is 0.652. The van der Waals surface area contributed by atoms with Crippen LogP contribution in [-0.4, -0.2) is 24.0 Å². The normalized spacial score (nSPS) is 31.6. The van der Waals surface area contributed by atoms with Gasteiger partial charge in [0.05, 0.1) is 6.04 Å². The molecule has 0 unspecified atom stereocenters. The number of benzene rings is 1. The maximum Gasteiger partial charge on any atom is 0.408 e. The highest BCUT2D eigenvalue weighted by molar-refractivity contribution is 5.88. The van der Waals surface area contributed by atoms with Crippen LogP contribution < -0.4 is 5.32 Å². The second-order valence-electron chi connectivity index (χ2n) is 8.82. The van der Waals surface area contributed by atoms with E-state index in [-0.39, 0.29) is 11.9 Å². The van der Waals surface area contributed by atoms with Gasteiger partial charge in [-0.1, -0.05) is 57.5 Å². The molecule has 0 radical (unpaired) electrons. The summed E-state index contributed by atoms with van der Waals surface area (Å²) in [5, 5.41) is 2.88. The lowest BCUT2D eigenvalue weighted by Crippen LogP contribution is -2.46. The number of nitrogens with one attached hydrogen (secondary N) is 1. The molecule has 0 bridgehead atoms. The average Bonchev–Trinajstić information content (AvgIpc) is 2.64. The summed E-state index contributed by atoms with van der Waals surface area (Å²) in [4.78, 5) is 24.9. The lowest BCUT2D eigenvalue weighted by molar-refractivity contribution is -0.122. The van der Waals surface area contributed by atoms with Gasteiger partial charge in [-0.05, 0) is 54.9 Å². The van der Waals surface area contributed by atoms with Crippen molar-refractivity contribution in [1.29, 1.82) is 0 Å². The van der Waals surface area contributed by atoms with E-state index in [1.165, 1.54) is 12.0 Å². The number of rotatable bonds is 4. The van der Waals surface area contributed by atoms with E-state index in [1.807, 2.05) is 18.2 Å². The van der Waals surface area contributed by atoms with Gasteiger partial charge in [0.15, 0.2) is 5.78 Å². The van der Waals surface area contributed by atoms with Crippen molar-refractivity contribution in [2.45, 2.75) is 77.4 Å². The third kappa shape index (κ3) is 5.12. The topological polar surface area (TPSA) is 55.4 Å². The van der Waals surface area contributed by atoms with Crippen molar-refractivity contribution in [3.05, 3.63) is 35.9 Å². The second-order valence-corrected chi connectivity index (χ2v) is 8.82. The van der Waals surface area contributed by atoms with Gasteiger partial charge in [0.1, 0.15) is 6.10 Å². The molecule has 1 aromatic rings. The zero-order valence-corrected chi connectivity index (χ0v) is 16.8. The highest BCUT2D eigenvalue weighted by Crippen LogP contribution is 2.36. The van der Waals surface area contributed by atoms with Gasteiger partial charge in [-0.2, -0.15) is 0 Å². The van der Waals surface area contributed by atoms with Gasteiger partial charge in [0.25, 0.3) is 0 Å². The summed E-state index contributed by atoms with van der Waals surface area (Å²) in [7, 11) is 0. The molecule has 0 spiro atoms. The van der Waals surface area contributed by atoms with E-state index in [0.717, 1.165) is 19.3 Å². The van der Waals surface area contributed by atoms with Crippen molar-refractivity contribution < 1.29 is 14.3 Å². The minimum atomic E-state index is -0.435. The number of Topliss-reactive ketones (excluding diaryl/α,β-unsaturated/α-hetero) is 1. The zero-order valence-electron chi connectivity index (χ0n) is 16.8. The minimum absolute atomic E-state index is 0.0441. The van der Waals surface area contributed by atoms with Crippen molar-refractivity contribution in [2.24, 2.45) is 17.8 Å². The molecule has 2 saturated carbocycles. The van der Waals surface area contributed by atoms with Gasteiger partial charge in [-0.3, -0.25) is 4.79 Å². The van der Waals surface area contributed by atoms with E-state index in [9.17, 15) is 9.59 Å². The molecule has 0 heterocycles. The molecule has 27 heavy (non-hydrogen) atoms. The number of carbonyl (C=O) groups is 2. The monoisotopic (exact) mass is 371 g/mol. The van der Waals surface area contributed by atoms with Crippen LogP contribution in [0.5, 0.6) is 0 Å². The number of amides is 1. The van der Waals surface area contributed by atoms with Crippen LogP contribution in [0.15, 0.2) is 30.3 Å². The maximum absolute atomic E-state index is 12.6. The third-order valence-corrected chi connectivity index (χ3v) is 6.43. The Bertz CT molecular complexity index is 642. The molecule has 1 amide bonds. The van der Waals surface area contributed by atoms with Crippen molar-refractivity contribution in [3.63, 3.8) is 0 Å². The molecule has 148 valence electrons. The first-order valence-corrected chi connectivity index (χ1v) is 10.5. The molecule has 5 atom stereocenters. The van der Waals surface area contributed by atoms with Crippen molar-refractivity contribution in [2.75, 3.05) is 0 Å². The van der Waals surface area contributed by atoms with E-state index < -0.39 is 12.1 Å². The summed E-state index contributed by atoms with van der Waals surface area (Å²) >= 11 is 0. The zero-order chi connectivity index (χ0) is 19.4. The molecule has 4 heteroatoms. The first-order chi connectivity index (χ1) is 12.9. The van der Waals surface area contributed by atoms with Crippen molar-refractivity contribution in [1.82, 2.24) is 5.32 Å². The highest BCUT2D eigenvalue weighted by Gasteiger charge is 2.35. The predicted molar refractivity (Wildman–Crippen MR) is 107 cm³/mol. The summed E-state index contributed by atoms with van der Waals surface area (Å²) in [6, 6.07) is 9.83. The molecule has 1 N–H and O–H groups in total. The molecule has 1 aromatic carbocycles. The van der Waals surface area contributed by atoms with E-state index in [1.54, 1.807) is 0 Å². The van der Waals surface area contributed by atoms with E-state index in [4.69, 9.17) is 4.74 Å². The van der Waals surface area contributed by atoms with Crippen LogP contribution in [0.2, 0.25) is 0 Å². The Balaban J connectivity index is 1.59. The number of ether oxygens (including phenoxy) is 1. The number of hydrogen-bond acceptors (Lipinski definition) is 3. The molecule has 0 aromatic heterocycles. The Morgan fingerprint density at radius 3 is 2.56 bits per heavy atom. The largest absolute Gasteiger partial charge is 0.446 e. The van der Waals surface area contributed by atoms with Gasteiger partial charge >= 0.3 is 6.09 Å². The fourth-order valence-corrected chi connectivity index (χ4v) is 4.76. The summed E-state index contributed by atoms with van der Waals surface area (Å²) in [6.45, 7) is 6.62. The molecular weight excluding hydrogens is 338 g/mol. The van der Waals surface area contributed by atoms with Gasteiger partial charge in [-0.25, -0.2) is 4.79 Å². The lowest BCUT2D eigenvalue weighted by Gasteiger charge is -2.37. The van der Waals surface area contributed by atoms with Gasteiger partial charge < -0.3 is 10.1 Å². The highest BCUT2D eigenvalue weighted by atomic mass is 16.6. The van der Waals surface area contributed by atoms with E-state index in [2.05, 4.69) is 38.2 Å². The molecule has 2 aliphatic rings. The molecule has 2 fully saturated rings. The average molecular weight is 372 g/mol. The van der Waals surface area contributed by atoms with Gasteiger partial charge in [0, 0.05) is 6.42 Å². The first-order valence-electron chi connectivity index (χ1n) is 10.5. The summed E-state index contributed by atoms with van der Waals surface area (Å²) in [5.74, 6) is 1.92. The lowest BCUT2D eigenvalue weighted by atomic mass is 9.75. The van der Waals surface area contributed by atoms with Crippen LogP contribution in [0.3, 0.4) is 0 Å². The number of hydrogen-bond donors (Lipinski definition) is 1. The Labute approximate surface area is 163 Å². The molecule has 2 aliphatic carbocycles. The summed E-state index contributed by atoms with van der Waals surface area (Å²) in [6.07, 6.45) is 4.78. The quantitative estimate of drug-likeness (QED) is 0.803. The minimum Gasteiger partial charge on any atom is -0.446 e. The molecular formula is C23H33NO3. The number of alkyl carbamates (subject to hydrolysis) is 1. The van der Waals surface area contributed by atoms with Crippen LogP contribution in [-0.2, 0) is 9.53 Å². The summed E-state index contributed by atoms with van der Waals surface area (Å²) in [5.41, 5.74) is 1.24. The van der Waals surface area contributed by atoms with Crippen LogP contribution in [0, 0.1) is 17.8 Å². The van der Waals surface area contributed by atoms with E-state index in [0.29, 0.717) is 36.5 Å². The third-order valence-electron chi connectivity index (χ3n) is 6.43. The predicted octanol–water partition coefficient (Wildman–Crippen LogP) is 5.08. The number of ketones is 1. The molecule has 0 saturated heterocycles. The summed E-state index contributed by atoms with van der Waals surface area (Å²) < 4.78 is 5.83. The van der Waals surface area contributed by atoms with Crippen LogP contribution in [0.4, 0.5) is 4.79 Å².